The Balaban J connectivity index is 2.40. The van der Waals surface area contributed by atoms with Gasteiger partial charge in [-0.15, -0.1) is 11.3 Å². The van der Waals surface area contributed by atoms with Crippen LogP contribution in [0.25, 0.3) is 0 Å². The molecule has 4 heteroatoms. The molecule has 16 heavy (non-hydrogen) atoms. The van der Waals surface area contributed by atoms with Gasteiger partial charge in [0.1, 0.15) is 0 Å². The van der Waals surface area contributed by atoms with Gasteiger partial charge in [-0.25, -0.2) is 0 Å². The predicted molar refractivity (Wildman–Crippen MR) is 69.2 cm³/mol. The molecule has 1 unspecified atom stereocenters. The van der Waals surface area contributed by atoms with Crippen molar-refractivity contribution in [2.45, 2.75) is 13.0 Å². The maximum atomic E-state index is 5.96. The lowest BCUT2D eigenvalue weighted by molar-refractivity contribution is 0.677. The Bertz CT molecular complexity index is 481. The summed E-state index contributed by atoms with van der Waals surface area (Å²) in [5, 5.41) is 3.28. The van der Waals surface area contributed by atoms with Crippen LogP contribution in [0.15, 0.2) is 30.5 Å². The van der Waals surface area contributed by atoms with Crippen LogP contribution in [0.2, 0.25) is 4.34 Å². The first-order valence-corrected chi connectivity index (χ1v) is 6.26. The van der Waals surface area contributed by atoms with Gasteiger partial charge in [-0.3, -0.25) is 4.98 Å². The first-order chi connectivity index (χ1) is 7.72. The van der Waals surface area contributed by atoms with E-state index >= 15 is 0 Å². The minimum atomic E-state index is 0.124. The van der Waals surface area contributed by atoms with Gasteiger partial charge in [-0.2, -0.15) is 0 Å². The topological polar surface area (TPSA) is 24.9 Å². The van der Waals surface area contributed by atoms with Crippen molar-refractivity contribution in [3.63, 3.8) is 0 Å². The highest BCUT2D eigenvalue weighted by Gasteiger charge is 2.16. The van der Waals surface area contributed by atoms with E-state index in [9.17, 15) is 0 Å². The van der Waals surface area contributed by atoms with Crippen molar-refractivity contribution in [2.24, 2.45) is 0 Å². The number of hydrogen-bond donors (Lipinski definition) is 1. The van der Waals surface area contributed by atoms with Gasteiger partial charge in [-0.05, 0) is 37.7 Å². The summed E-state index contributed by atoms with van der Waals surface area (Å²) in [6.07, 6.45) is 1.82. The van der Waals surface area contributed by atoms with Crippen molar-refractivity contribution >= 4 is 22.9 Å². The van der Waals surface area contributed by atoms with E-state index in [-0.39, 0.29) is 6.04 Å². The summed E-state index contributed by atoms with van der Waals surface area (Å²) < 4.78 is 0.809. The number of rotatable bonds is 3. The Morgan fingerprint density at radius 1 is 1.38 bits per heavy atom. The molecule has 0 saturated carbocycles. The number of halogens is 1. The molecule has 2 nitrogen and oxygen atoms in total. The molecular weight excluding hydrogens is 240 g/mol. The number of nitrogens with zero attached hydrogens (tertiary/aromatic N) is 1. The van der Waals surface area contributed by atoms with Crippen LogP contribution in [0, 0.1) is 6.92 Å². The maximum Gasteiger partial charge on any atom is 0.0931 e. The molecule has 2 heterocycles. The minimum Gasteiger partial charge on any atom is -0.307 e. The quantitative estimate of drug-likeness (QED) is 0.906. The molecule has 0 aliphatic heterocycles. The SMILES string of the molecule is CNC(c1ccc(Cl)s1)c1ncccc1C. The molecule has 0 aromatic carbocycles. The molecule has 0 spiro atoms. The largest absolute Gasteiger partial charge is 0.307 e. The Morgan fingerprint density at radius 2 is 2.19 bits per heavy atom. The van der Waals surface area contributed by atoms with E-state index < -0.39 is 0 Å². The van der Waals surface area contributed by atoms with Crippen LogP contribution in [-0.2, 0) is 0 Å². The molecule has 1 atom stereocenters. The number of aromatic nitrogens is 1. The number of pyridine rings is 1. The van der Waals surface area contributed by atoms with Gasteiger partial charge in [0.15, 0.2) is 0 Å². The molecule has 0 amide bonds. The van der Waals surface area contributed by atoms with Crippen molar-refractivity contribution in [1.82, 2.24) is 10.3 Å². The first kappa shape index (κ1) is 11.6. The number of hydrogen-bond acceptors (Lipinski definition) is 3. The number of aryl methyl sites for hydroxylation is 1. The zero-order valence-corrected chi connectivity index (χ0v) is 10.8. The lowest BCUT2D eigenvalue weighted by atomic mass is 10.1. The van der Waals surface area contributed by atoms with Gasteiger partial charge in [-0.1, -0.05) is 17.7 Å². The lowest BCUT2D eigenvalue weighted by Crippen LogP contribution is -2.18. The summed E-state index contributed by atoms with van der Waals surface area (Å²) in [5.74, 6) is 0. The van der Waals surface area contributed by atoms with E-state index in [4.69, 9.17) is 11.6 Å². The third kappa shape index (κ3) is 2.26. The molecule has 0 aliphatic carbocycles. The van der Waals surface area contributed by atoms with Crippen molar-refractivity contribution in [1.29, 1.82) is 0 Å². The van der Waals surface area contributed by atoms with Crippen LogP contribution in [-0.4, -0.2) is 12.0 Å². The van der Waals surface area contributed by atoms with Crippen LogP contribution < -0.4 is 5.32 Å². The van der Waals surface area contributed by atoms with Crippen LogP contribution in [0.3, 0.4) is 0 Å². The number of nitrogens with one attached hydrogen (secondary N) is 1. The molecule has 2 aromatic heterocycles. The van der Waals surface area contributed by atoms with Crippen LogP contribution >= 0.6 is 22.9 Å². The average molecular weight is 253 g/mol. The van der Waals surface area contributed by atoms with Crippen molar-refractivity contribution in [3.8, 4) is 0 Å². The Morgan fingerprint density at radius 3 is 2.75 bits per heavy atom. The van der Waals surface area contributed by atoms with Gasteiger partial charge in [0.2, 0.25) is 0 Å². The Labute approximate surface area is 104 Å². The Hall–Kier alpha value is -0.900. The van der Waals surface area contributed by atoms with E-state index in [1.165, 1.54) is 10.4 Å². The van der Waals surface area contributed by atoms with Crippen molar-refractivity contribution in [3.05, 3.63) is 50.9 Å². The highest BCUT2D eigenvalue weighted by Crippen LogP contribution is 2.30. The fraction of sp³-hybridized carbons (Fsp3) is 0.250. The van der Waals surface area contributed by atoms with Gasteiger partial charge < -0.3 is 5.32 Å². The Kier molecular flexibility index (Phi) is 3.59. The summed E-state index contributed by atoms with van der Waals surface area (Å²) in [7, 11) is 1.94. The van der Waals surface area contributed by atoms with E-state index in [2.05, 4.69) is 23.3 Å². The standard InChI is InChI=1S/C12H13ClN2S/c1-8-4-3-7-15-11(8)12(14-2)9-5-6-10(13)16-9/h3-7,12,14H,1-2H3. The van der Waals surface area contributed by atoms with Crippen LogP contribution in [0.5, 0.6) is 0 Å². The molecule has 0 saturated heterocycles. The smallest absolute Gasteiger partial charge is 0.0931 e. The molecule has 0 radical (unpaired) electrons. The molecule has 0 aliphatic rings. The van der Waals surface area contributed by atoms with Gasteiger partial charge in [0.25, 0.3) is 0 Å². The highest BCUT2D eigenvalue weighted by molar-refractivity contribution is 7.16. The van der Waals surface area contributed by atoms with Crippen molar-refractivity contribution in [2.75, 3.05) is 7.05 Å². The van der Waals surface area contributed by atoms with Gasteiger partial charge in [0.05, 0.1) is 16.1 Å². The predicted octanol–water partition coefficient (Wildman–Crippen LogP) is 3.41. The van der Waals surface area contributed by atoms with Crippen LogP contribution in [0.4, 0.5) is 0 Å². The molecule has 2 rings (SSSR count). The normalized spacial score (nSPS) is 12.7. The lowest BCUT2D eigenvalue weighted by Gasteiger charge is -2.15. The fourth-order valence-electron chi connectivity index (χ4n) is 1.70. The maximum absolute atomic E-state index is 5.96. The molecule has 84 valence electrons. The number of thiophene rings is 1. The molecule has 0 bridgehead atoms. The fourth-order valence-corrected chi connectivity index (χ4v) is 2.87. The summed E-state index contributed by atoms with van der Waals surface area (Å²) in [6, 6.07) is 8.11. The molecule has 1 N–H and O–H groups in total. The molecule has 0 fully saturated rings. The highest BCUT2D eigenvalue weighted by atomic mass is 35.5. The monoisotopic (exact) mass is 252 g/mol. The second-order valence-corrected chi connectivity index (χ2v) is 5.32. The van der Waals surface area contributed by atoms with Gasteiger partial charge >= 0.3 is 0 Å². The second-order valence-electron chi connectivity index (χ2n) is 3.57. The summed E-state index contributed by atoms with van der Waals surface area (Å²) in [6.45, 7) is 2.07. The molecule has 2 aromatic rings. The second kappa shape index (κ2) is 4.95. The van der Waals surface area contributed by atoms with Gasteiger partial charge in [0, 0.05) is 11.1 Å². The third-order valence-corrected chi connectivity index (χ3v) is 3.79. The van der Waals surface area contributed by atoms with E-state index in [1.54, 1.807) is 11.3 Å². The van der Waals surface area contributed by atoms with E-state index in [0.29, 0.717) is 0 Å². The zero-order valence-electron chi connectivity index (χ0n) is 9.20. The summed E-state index contributed by atoms with van der Waals surface area (Å²) in [5.41, 5.74) is 2.25. The minimum absolute atomic E-state index is 0.124. The summed E-state index contributed by atoms with van der Waals surface area (Å²) in [4.78, 5) is 5.63. The van der Waals surface area contributed by atoms with Crippen molar-refractivity contribution < 1.29 is 0 Å². The third-order valence-electron chi connectivity index (χ3n) is 2.49. The first-order valence-electron chi connectivity index (χ1n) is 5.06. The zero-order chi connectivity index (χ0) is 11.5. The van der Waals surface area contributed by atoms with E-state index in [1.807, 2.05) is 31.4 Å². The van der Waals surface area contributed by atoms with Crippen LogP contribution in [0.1, 0.15) is 22.2 Å². The summed E-state index contributed by atoms with van der Waals surface area (Å²) >= 11 is 7.55. The van der Waals surface area contributed by atoms with E-state index in [0.717, 1.165) is 10.0 Å². The molecular formula is C12H13ClN2S. The average Bonchev–Trinajstić information content (AvgIpc) is 2.69.